The highest BCUT2D eigenvalue weighted by molar-refractivity contribution is 9.10. The van der Waals surface area contributed by atoms with E-state index in [2.05, 4.69) is 41.2 Å². The zero-order valence-corrected chi connectivity index (χ0v) is 13.6. The Morgan fingerprint density at radius 2 is 2.33 bits per heavy atom. The van der Waals surface area contributed by atoms with Crippen molar-refractivity contribution in [2.75, 3.05) is 7.05 Å². The van der Waals surface area contributed by atoms with Crippen molar-refractivity contribution >= 4 is 33.2 Å². The van der Waals surface area contributed by atoms with Crippen LogP contribution < -0.4 is 0 Å². The Balaban J connectivity index is 2.01. The highest BCUT2D eigenvalue weighted by Crippen LogP contribution is 2.43. The fraction of sp³-hybridized carbons (Fsp3) is 0.643. The van der Waals surface area contributed by atoms with Gasteiger partial charge in [0.05, 0.1) is 6.54 Å². The molecule has 1 aromatic heterocycles. The van der Waals surface area contributed by atoms with Crippen LogP contribution in [-0.2, 0) is 11.3 Å². The van der Waals surface area contributed by atoms with Crippen LogP contribution in [0.3, 0.4) is 0 Å². The SMILES string of the molecule is CN(Cc1cc(Br)cs1)C(=O)C1CCCC1(C)C. The smallest absolute Gasteiger partial charge is 0.226 e. The molecule has 1 unspecified atom stereocenters. The quantitative estimate of drug-likeness (QED) is 0.809. The predicted octanol–water partition coefficient (Wildman–Crippen LogP) is 4.30. The maximum Gasteiger partial charge on any atom is 0.226 e. The van der Waals surface area contributed by atoms with Crippen molar-refractivity contribution in [1.29, 1.82) is 0 Å². The van der Waals surface area contributed by atoms with Gasteiger partial charge in [-0.05, 0) is 40.3 Å². The number of halogens is 1. The van der Waals surface area contributed by atoms with Gasteiger partial charge in [0.1, 0.15) is 0 Å². The molecule has 18 heavy (non-hydrogen) atoms. The molecule has 0 aromatic carbocycles. The standard InChI is InChI=1S/C14H20BrNOS/c1-14(2)6-4-5-12(14)13(17)16(3)8-11-7-10(15)9-18-11/h7,9,12H,4-6,8H2,1-3H3. The Labute approximate surface area is 122 Å². The van der Waals surface area contributed by atoms with Crippen LogP contribution in [0.2, 0.25) is 0 Å². The van der Waals surface area contributed by atoms with Crippen molar-refractivity contribution in [1.82, 2.24) is 4.90 Å². The van der Waals surface area contributed by atoms with Crippen LogP contribution >= 0.6 is 27.3 Å². The molecule has 0 bridgehead atoms. The highest BCUT2D eigenvalue weighted by Gasteiger charge is 2.40. The molecule has 1 aliphatic carbocycles. The van der Waals surface area contributed by atoms with Gasteiger partial charge in [-0.15, -0.1) is 11.3 Å². The molecular formula is C14H20BrNOS. The third-order valence-corrected chi connectivity index (χ3v) is 5.63. The van der Waals surface area contributed by atoms with E-state index in [1.165, 1.54) is 17.7 Å². The molecule has 0 spiro atoms. The molecule has 0 saturated heterocycles. The third-order valence-electron chi connectivity index (χ3n) is 3.95. The van der Waals surface area contributed by atoms with Gasteiger partial charge in [0, 0.05) is 27.7 Å². The summed E-state index contributed by atoms with van der Waals surface area (Å²) in [6, 6.07) is 2.09. The van der Waals surface area contributed by atoms with E-state index in [1.54, 1.807) is 11.3 Å². The maximum atomic E-state index is 12.5. The van der Waals surface area contributed by atoms with E-state index in [0.717, 1.165) is 17.4 Å². The number of rotatable bonds is 3. The molecular weight excluding hydrogens is 310 g/mol. The first-order valence-corrected chi connectivity index (χ1v) is 8.05. The molecule has 1 fully saturated rings. The van der Waals surface area contributed by atoms with Gasteiger partial charge in [0.15, 0.2) is 0 Å². The summed E-state index contributed by atoms with van der Waals surface area (Å²) in [5.41, 5.74) is 0.168. The lowest BCUT2D eigenvalue weighted by molar-refractivity contribution is -0.137. The molecule has 4 heteroatoms. The molecule has 1 aromatic rings. The van der Waals surface area contributed by atoms with Crippen LogP contribution in [0.5, 0.6) is 0 Å². The second-order valence-electron chi connectivity index (χ2n) is 5.86. The summed E-state index contributed by atoms with van der Waals surface area (Å²) in [5, 5.41) is 2.06. The van der Waals surface area contributed by atoms with E-state index >= 15 is 0 Å². The number of hydrogen-bond donors (Lipinski definition) is 0. The number of thiophene rings is 1. The minimum atomic E-state index is 0.168. The molecule has 0 radical (unpaired) electrons. The van der Waals surface area contributed by atoms with Crippen LogP contribution in [0.1, 0.15) is 38.0 Å². The molecule has 1 heterocycles. The fourth-order valence-corrected chi connectivity index (χ4v) is 4.30. The van der Waals surface area contributed by atoms with Gasteiger partial charge in [0.2, 0.25) is 5.91 Å². The Morgan fingerprint density at radius 1 is 1.61 bits per heavy atom. The molecule has 2 nitrogen and oxygen atoms in total. The second kappa shape index (κ2) is 5.33. The Kier molecular flexibility index (Phi) is 4.17. The van der Waals surface area contributed by atoms with Crippen molar-refractivity contribution in [2.45, 2.75) is 39.7 Å². The summed E-state index contributed by atoms with van der Waals surface area (Å²) < 4.78 is 1.10. The summed E-state index contributed by atoms with van der Waals surface area (Å²) in [7, 11) is 1.92. The van der Waals surface area contributed by atoms with Crippen LogP contribution in [0.4, 0.5) is 0 Å². The van der Waals surface area contributed by atoms with E-state index in [-0.39, 0.29) is 11.3 Å². The molecule has 1 saturated carbocycles. The molecule has 2 rings (SSSR count). The summed E-state index contributed by atoms with van der Waals surface area (Å²) in [4.78, 5) is 15.6. The number of hydrogen-bond acceptors (Lipinski definition) is 2. The van der Waals surface area contributed by atoms with Crippen LogP contribution in [0, 0.1) is 11.3 Å². The molecule has 0 aliphatic heterocycles. The normalized spacial score (nSPS) is 22.1. The van der Waals surface area contributed by atoms with Crippen molar-refractivity contribution < 1.29 is 4.79 Å². The molecule has 0 N–H and O–H groups in total. The molecule has 1 aliphatic rings. The van der Waals surface area contributed by atoms with E-state index in [9.17, 15) is 4.79 Å². The van der Waals surface area contributed by atoms with Crippen molar-refractivity contribution in [2.24, 2.45) is 11.3 Å². The number of nitrogens with zero attached hydrogens (tertiary/aromatic N) is 1. The number of carbonyl (C=O) groups is 1. The first-order valence-electron chi connectivity index (χ1n) is 6.38. The van der Waals surface area contributed by atoms with Gasteiger partial charge >= 0.3 is 0 Å². The topological polar surface area (TPSA) is 20.3 Å². The Morgan fingerprint density at radius 3 is 2.83 bits per heavy atom. The average Bonchev–Trinajstić information content (AvgIpc) is 2.83. The van der Waals surface area contributed by atoms with Crippen molar-refractivity contribution in [3.63, 3.8) is 0 Å². The summed E-state index contributed by atoms with van der Waals surface area (Å²) in [6.45, 7) is 5.16. The minimum Gasteiger partial charge on any atom is -0.340 e. The van der Waals surface area contributed by atoms with Crippen LogP contribution in [-0.4, -0.2) is 17.9 Å². The van der Waals surface area contributed by atoms with Gasteiger partial charge in [0.25, 0.3) is 0 Å². The first kappa shape index (κ1) is 14.1. The summed E-state index contributed by atoms with van der Waals surface area (Å²) in [6.07, 6.45) is 3.40. The zero-order valence-electron chi connectivity index (χ0n) is 11.2. The van der Waals surface area contributed by atoms with Crippen molar-refractivity contribution in [3.05, 3.63) is 20.8 Å². The monoisotopic (exact) mass is 329 g/mol. The van der Waals surface area contributed by atoms with E-state index < -0.39 is 0 Å². The van der Waals surface area contributed by atoms with Crippen molar-refractivity contribution in [3.8, 4) is 0 Å². The molecule has 1 atom stereocenters. The minimum absolute atomic E-state index is 0.168. The van der Waals surface area contributed by atoms with Gasteiger partial charge in [-0.1, -0.05) is 20.3 Å². The van der Waals surface area contributed by atoms with E-state index in [0.29, 0.717) is 5.91 Å². The van der Waals surface area contributed by atoms with Crippen LogP contribution in [0.25, 0.3) is 0 Å². The lowest BCUT2D eigenvalue weighted by Gasteiger charge is -2.29. The number of amides is 1. The zero-order chi connectivity index (χ0) is 13.3. The predicted molar refractivity (Wildman–Crippen MR) is 79.6 cm³/mol. The summed E-state index contributed by atoms with van der Waals surface area (Å²) >= 11 is 5.15. The lowest BCUT2D eigenvalue weighted by atomic mass is 9.81. The van der Waals surface area contributed by atoms with E-state index in [1.807, 2.05) is 11.9 Å². The largest absolute Gasteiger partial charge is 0.340 e. The highest BCUT2D eigenvalue weighted by atomic mass is 79.9. The van der Waals surface area contributed by atoms with E-state index in [4.69, 9.17) is 0 Å². The Bertz CT molecular complexity index is 441. The average molecular weight is 330 g/mol. The molecule has 1 amide bonds. The first-order chi connectivity index (χ1) is 8.40. The second-order valence-corrected chi connectivity index (χ2v) is 7.77. The summed E-state index contributed by atoms with van der Waals surface area (Å²) in [5.74, 6) is 0.507. The van der Waals surface area contributed by atoms with Gasteiger partial charge < -0.3 is 4.90 Å². The Hall–Kier alpha value is -0.350. The third kappa shape index (κ3) is 2.97. The maximum absolute atomic E-state index is 12.5. The van der Waals surface area contributed by atoms with Gasteiger partial charge in [-0.3, -0.25) is 4.79 Å². The van der Waals surface area contributed by atoms with Gasteiger partial charge in [-0.2, -0.15) is 0 Å². The van der Waals surface area contributed by atoms with Gasteiger partial charge in [-0.25, -0.2) is 0 Å². The number of carbonyl (C=O) groups excluding carboxylic acids is 1. The fourth-order valence-electron chi connectivity index (χ4n) is 2.80. The lowest BCUT2D eigenvalue weighted by Crippen LogP contribution is -2.37. The molecule has 100 valence electrons. The van der Waals surface area contributed by atoms with Crippen LogP contribution in [0.15, 0.2) is 15.9 Å².